The van der Waals surface area contributed by atoms with Crippen LogP contribution in [0.25, 0.3) is 0 Å². The third-order valence-electron chi connectivity index (χ3n) is 2.97. The standard InChI is InChI=1S/C13H14Cl2N2O3/c1-17-11(9(15)6-16-17)12(18)7-4-8(14)13(20-3)10(5-7)19-2/h4-6,12,18H,1-3H3. The molecule has 1 unspecified atom stereocenters. The Morgan fingerprint density at radius 3 is 2.40 bits per heavy atom. The average molecular weight is 317 g/mol. The van der Waals surface area contributed by atoms with Crippen LogP contribution in [0.3, 0.4) is 0 Å². The molecule has 0 fully saturated rings. The fraction of sp³-hybridized carbons (Fsp3) is 0.308. The van der Waals surface area contributed by atoms with Crippen LogP contribution in [0, 0.1) is 0 Å². The van der Waals surface area contributed by atoms with Gasteiger partial charge in [0.2, 0.25) is 0 Å². The van der Waals surface area contributed by atoms with Crippen LogP contribution in [0.1, 0.15) is 17.4 Å². The summed E-state index contributed by atoms with van der Waals surface area (Å²) in [5.74, 6) is 0.855. The van der Waals surface area contributed by atoms with Crippen molar-refractivity contribution in [3.63, 3.8) is 0 Å². The fourth-order valence-electron chi connectivity index (χ4n) is 1.98. The Morgan fingerprint density at radius 1 is 1.20 bits per heavy atom. The van der Waals surface area contributed by atoms with Crippen LogP contribution in [0.5, 0.6) is 11.5 Å². The summed E-state index contributed by atoms with van der Waals surface area (Å²) in [6.07, 6.45) is 0.509. The van der Waals surface area contributed by atoms with E-state index in [0.717, 1.165) is 0 Å². The maximum Gasteiger partial charge on any atom is 0.179 e. The molecule has 2 rings (SSSR count). The fourth-order valence-corrected chi connectivity index (χ4v) is 2.55. The number of aryl methyl sites for hydroxylation is 1. The van der Waals surface area contributed by atoms with Gasteiger partial charge in [-0.2, -0.15) is 5.10 Å². The molecule has 0 saturated carbocycles. The molecule has 0 radical (unpaired) electrons. The Labute approximate surface area is 126 Å². The smallest absolute Gasteiger partial charge is 0.179 e. The zero-order valence-electron chi connectivity index (χ0n) is 11.2. The van der Waals surface area contributed by atoms with E-state index in [0.29, 0.717) is 32.8 Å². The molecule has 5 nitrogen and oxygen atoms in total. The lowest BCUT2D eigenvalue weighted by Gasteiger charge is -2.16. The first kappa shape index (κ1) is 15.0. The van der Waals surface area contributed by atoms with Gasteiger partial charge in [-0.1, -0.05) is 23.2 Å². The summed E-state index contributed by atoms with van der Waals surface area (Å²) >= 11 is 12.2. The van der Waals surface area contributed by atoms with Crippen LogP contribution >= 0.6 is 23.2 Å². The summed E-state index contributed by atoms with van der Waals surface area (Å²) in [7, 11) is 4.70. The van der Waals surface area contributed by atoms with E-state index in [1.165, 1.54) is 25.1 Å². The number of halogens is 2. The Morgan fingerprint density at radius 2 is 1.90 bits per heavy atom. The van der Waals surface area contributed by atoms with Gasteiger partial charge in [-0.05, 0) is 17.7 Å². The van der Waals surface area contributed by atoms with Crippen molar-refractivity contribution in [2.24, 2.45) is 7.05 Å². The molecule has 0 aliphatic heterocycles. The summed E-state index contributed by atoms with van der Waals surface area (Å²) in [6, 6.07) is 3.26. The first-order chi connectivity index (χ1) is 9.49. The van der Waals surface area contributed by atoms with E-state index < -0.39 is 6.10 Å². The van der Waals surface area contributed by atoms with Gasteiger partial charge in [-0.15, -0.1) is 0 Å². The van der Waals surface area contributed by atoms with E-state index in [-0.39, 0.29) is 0 Å². The van der Waals surface area contributed by atoms with Gasteiger partial charge in [0.1, 0.15) is 6.10 Å². The normalized spacial score (nSPS) is 12.3. The number of aromatic nitrogens is 2. The van der Waals surface area contributed by atoms with E-state index in [2.05, 4.69) is 5.10 Å². The molecule has 1 aromatic heterocycles. The second-order valence-electron chi connectivity index (χ2n) is 4.14. The Hall–Kier alpha value is -1.43. The molecule has 1 N–H and O–H groups in total. The molecule has 1 aromatic carbocycles. The van der Waals surface area contributed by atoms with E-state index >= 15 is 0 Å². The van der Waals surface area contributed by atoms with E-state index in [1.54, 1.807) is 19.2 Å². The summed E-state index contributed by atoms with van der Waals surface area (Å²) in [6.45, 7) is 0. The van der Waals surface area contributed by atoms with Crippen LogP contribution in [0.15, 0.2) is 18.3 Å². The molecule has 0 saturated heterocycles. The Balaban J connectivity index is 2.51. The molecule has 1 heterocycles. The van der Waals surface area contributed by atoms with Gasteiger partial charge in [0.05, 0.1) is 36.2 Å². The minimum absolute atomic E-state index is 0.346. The van der Waals surface area contributed by atoms with Crippen molar-refractivity contribution in [2.45, 2.75) is 6.10 Å². The van der Waals surface area contributed by atoms with Gasteiger partial charge >= 0.3 is 0 Å². The highest BCUT2D eigenvalue weighted by Crippen LogP contribution is 2.39. The van der Waals surface area contributed by atoms with Gasteiger partial charge in [-0.3, -0.25) is 4.68 Å². The van der Waals surface area contributed by atoms with Gasteiger partial charge in [-0.25, -0.2) is 0 Å². The van der Waals surface area contributed by atoms with Crippen molar-refractivity contribution in [1.29, 1.82) is 0 Å². The molecule has 20 heavy (non-hydrogen) atoms. The summed E-state index contributed by atoms with van der Waals surface area (Å²) in [5.41, 5.74) is 1.02. The highest BCUT2D eigenvalue weighted by atomic mass is 35.5. The van der Waals surface area contributed by atoms with Crippen LogP contribution in [0.4, 0.5) is 0 Å². The average Bonchev–Trinajstić information content (AvgIpc) is 2.76. The van der Waals surface area contributed by atoms with Crippen LogP contribution in [-0.4, -0.2) is 29.1 Å². The molecule has 108 valence electrons. The number of rotatable bonds is 4. The number of ether oxygens (including phenoxy) is 2. The third kappa shape index (κ3) is 2.57. The van der Waals surface area contributed by atoms with Crippen molar-refractivity contribution in [1.82, 2.24) is 9.78 Å². The monoisotopic (exact) mass is 316 g/mol. The first-order valence-electron chi connectivity index (χ1n) is 5.76. The van der Waals surface area contributed by atoms with Crippen LogP contribution in [-0.2, 0) is 7.05 Å². The molecule has 7 heteroatoms. The van der Waals surface area contributed by atoms with Crippen LogP contribution < -0.4 is 9.47 Å². The topological polar surface area (TPSA) is 56.5 Å². The Kier molecular flexibility index (Phi) is 4.42. The maximum absolute atomic E-state index is 10.5. The van der Waals surface area contributed by atoms with E-state index in [1.807, 2.05) is 0 Å². The van der Waals surface area contributed by atoms with Crippen molar-refractivity contribution in [3.8, 4) is 11.5 Å². The lowest BCUT2D eigenvalue weighted by atomic mass is 10.1. The number of aliphatic hydroxyl groups excluding tert-OH is 1. The summed E-state index contributed by atoms with van der Waals surface area (Å²) in [5, 5.41) is 15.2. The maximum atomic E-state index is 10.5. The zero-order valence-corrected chi connectivity index (χ0v) is 12.7. The lowest BCUT2D eigenvalue weighted by molar-refractivity contribution is 0.209. The summed E-state index contributed by atoms with van der Waals surface area (Å²) in [4.78, 5) is 0. The Bertz CT molecular complexity index is 609. The molecule has 0 amide bonds. The first-order valence-corrected chi connectivity index (χ1v) is 6.52. The minimum atomic E-state index is -0.965. The predicted octanol–water partition coefficient (Wildman–Crippen LogP) is 2.83. The van der Waals surface area contributed by atoms with Gasteiger partial charge < -0.3 is 14.6 Å². The second kappa shape index (κ2) is 5.91. The van der Waals surface area contributed by atoms with E-state index in [9.17, 15) is 5.11 Å². The second-order valence-corrected chi connectivity index (χ2v) is 4.96. The lowest BCUT2D eigenvalue weighted by Crippen LogP contribution is -2.08. The molecule has 0 aliphatic rings. The molecule has 0 bridgehead atoms. The number of nitrogens with zero attached hydrogens (tertiary/aromatic N) is 2. The molecule has 2 aromatic rings. The van der Waals surface area contributed by atoms with Crippen molar-refractivity contribution in [3.05, 3.63) is 39.6 Å². The molecule has 1 atom stereocenters. The van der Waals surface area contributed by atoms with Crippen molar-refractivity contribution in [2.75, 3.05) is 14.2 Å². The van der Waals surface area contributed by atoms with Crippen molar-refractivity contribution < 1.29 is 14.6 Å². The zero-order chi connectivity index (χ0) is 14.9. The van der Waals surface area contributed by atoms with Gasteiger partial charge in [0.15, 0.2) is 11.5 Å². The highest BCUT2D eigenvalue weighted by molar-refractivity contribution is 6.32. The van der Waals surface area contributed by atoms with Gasteiger partial charge in [0, 0.05) is 7.05 Å². The van der Waals surface area contributed by atoms with E-state index in [4.69, 9.17) is 32.7 Å². The number of hydrogen-bond acceptors (Lipinski definition) is 4. The summed E-state index contributed by atoms with van der Waals surface area (Å²) < 4.78 is 11.9. The molecule has 0 aliphatic carbocycles. The largest absolute Gasteiger partial charge is 0.493 e. The molecular formula is C13H14Cl2N2O3. The number of hydrogen-bond donors (Lipinski definition) is 1. The van der Waals surface area contributed by atoms with Crippen molar-refractivity contribution >= 4 is 23.2 Å². The minimum Gasteiger partial charge on any atom is -0.493 e. The highest BCUT2D eigenvalue weighted by Gasteiger charge is 2.21. The third-order valence-corrected chi connectivity index (χ3v) is 3.54. The molecule has 0 spiro atoms. The molecular weight excluding hydrogens is 303 g/mol. The number of aliphatic hydroxyl groups is 1. The predicted molar refractivity (Wildman–Crippen MR) is 76.8 cm³/mol. The SMILES string of the molecule is COc1cc(C(O)c2c(Cl)cnn2C)cc(Cl)c1OC. The quantitative estimate of drug-likeness (QED) is 0.942. The van der Waals surface area contributed by atoms with Crippen LogP contribution in [0.2, 0.25) is 10.0 Å². The number of methoxy groups -OCH3 is 2. The number of benzene rings is 1. The van der Waals surface area contributed by atoms with Gasteiger partial charge in [0.25, 0.3) is 0 Å².